The Morgan fingerprint density at radius 1 is 1.50 bits per heavy atom. The Bertz CT molecular complexity index is 441. The van der Waals surface area contributed by atoms with Crippen molar-refractivity contribution in [2.45, 2.75) is 45.1 Å². The first-order valence-corrected chi connectivity index (χ1v) is 6.51. The number of aromatic nitrogens is 1. The highest BCUT2D eigenvalue weighted by molar-refractivity contribution is 7.07. The number of carbonyl (C=O) groups is 1. The van der Waals surface area contributed by atoms with Gasteiger partial charge < -0.3 is 9.67 Å². The van der Waals surface area contributed by atoms with Crippen LogP contribution in [0.15, 0.2) is 10.4 Å². The Kier molecular flexibility index (Phi) is 3.43. The lowest BCUT2D eigenvalue weighted by Crippen LogP contribution is -2.24. The summed E-state index contributed by atoms with van der Waals surface area (Å²) in [5, 5.41) is 10.7. The van der Waals surface area contributed by atoms with Crippen LogP contribution in [0.1, 0.15) is 43.8 Å². The van der Waals surface area contributed by atoms with Gasteiger partial charge in [-0.25, -0.2) is 4.79 Å². The van der Waals surface area contributed by atoms with Crippen molar-refractivity contribution in [2.24, 2.45) is 4.99 Å². The molecule has 0 unspecified atom stereocenters. The van der Waals surface area contributed by atoms with E-state index < -0.39 is 6.09 Å². The molecular formula is C11H16N2O2S. The molecule has 5 heteroatoms. The van der Waals surface area contributed by atoms with Crippen LogP contribution in [-0.2, 0) is 0 Å². The summed E-state index contributed by atoms with van der Waals surface area (Å²) in [5.74, 6) is 0. The second kappa shape index (κ2) is 4.82. The molecule has 0 aliphatic heterocycles. The molecule has 1 aliphatic carbocycles. The van der Waals surface area contributed by atoms with Crippen molar-refractivity contribution in [2.75, 3.05) is 0 Å². The molecule has 1 aliphatic rings. The molecule has 1 aromatic rings. The van der Waals surface area contributed by atoms with E-state index in [1.54, 1.807) is 0 Å². The predicted octanol–water partition coefficient (Wildman–Crippen LogP) is 2.94. The van der Waals surface area contributed by atoms with Gasteiger partial charge >= 0.3 is 6.09 Å². The standard InChI is InChI=1S/C11H16N2O2S/c1-8-7-16-10(12-11(14)15)13(8)9-5-3-2-4-6-9/h7,9H,2-6H2,1H3,(H,14,15)/b12-10+. The van der Waals surface area contributed by atoms with Gasteiger partial charge in [0.1, 0.15) is 0 Å². The predicted molar refractivity (Wildman–Crippen MR) is 62.8 cm³/mol. The van der Waals surface area contributed by atoms with Gasteiger partial charge in [0, 0.05) is 17.1 Å². The van der Waals surface area contributed by atoms with E-state index in [2.05, 4.69) is 9.56 Å². The summed E-state index contributed by atoms with van der Waals surface area (Å²) in [4.78, 5) is 14.9. The maximum Gasteiger partial charge on any atom is 0.433 e. The van der Waals surface area contributed by atoms with Crippen molar-refractivity contribution in [3.63, 3.8) is 0 Å². The molecule has 0 aromatic carbocycles. The lowest BCUT2D eigenvalue weighted by Gasteiger charge is -2.24. The molecule has 16 heavy (non-hydrogen) atoms. The highest BCUT2D eigenvalue weighted by Crippen LogP contribution is 2.28. The van der Waals surface area contributed by atoms with Crippen LogP contribution < -0.4 is 4.80 Å². The molecule has 1 fully saturated rings. The Hall–Kier alpha value is -1.10. The van der Waals surface area contributed by atoms with Crippen molar-refractivity contribution in [1.82, 2.24) is 4.57 Å². The van der Waals surface area contributed by atoms with Crippen molar-refractivity contribution in [3.05, 3.63) is 15.9 Å². The smallest absolute Gasteiger partial charge is 0.433 e. The van der Waals surface area contributed by atoms with Crippen LogP contribution in [0.5, 0.6) is 0 Å². The Balaban J connectivity index is 2.38. The summed E-state index contributed by atoms with van der Waals surface area (Å²) in [5.41, 5.74) is 1.12. The number of thiazole rings is 1. The van der Waals surface area contributed by atoms with Crippen LogP contribution in [-0.4, -0.2) is 15.8 Å². The van der Waals surface area contributed by atoms with Gasteiger partial charge in [-0.2, -0.15) is 0 Å². The first kappa shape index (κ1) is 11.4. The lowest BCUT2D eigenvalue weighted by molar-refractivity contribution is 0.204. The van der Waals surface area contributed by atoms with E-state index in [4.69, 9.17) is 5.11 Å². The van der Waals surface area contributed by atoms with Gasteiger partial charge in [-0.1, -0.05) is 19.3 Å². The van der Waals surface area contributed by atoms with Gasteiger partial charge in [0.25, 0.3) is 0 Å². The molecule has 0 saturated heterocycles. The molecule has 1 saturated carbocycles. The zero-order chi connectivity index (χ0) is 11.5. The third kappa shape index (κ3) is 2.35. The molecule has 2 rings (SSSR count). The highest BCUT2D eigenvalue weighted by Gasteiger charge is 2.18. The summed E-state index contributed by atoms with van der Waals surface area (Å²) in [6.07, 6.45) is 4.95. The molecule has 0 atom stereocenters. The Morgan fingerprint density at radius 2 is 2.19 bits per heavy atom. The molecule has 1 N–H and O–H groups in total. The van der Waals surface area contributed by atoms with Crippen molar-refractivity contribution in [1.29, 1.82) is 0 Å². The number of hydrogen-bond acceptors (Lipinski definition) is 2. The molecular weight excluding hydrogens is 224 g/mol. The minimum Gasteiger partial charge on any atom is -0.463 e. The minimum absolute atomic E-state index is 0.443. The average molecular weight is 240 g/mol. The second-order valence-electron chi connectivity index (χ2n) is 4.22. The highest BCUT2D eigenvalue weighted by atomic mass is 32.1. The van der Waals surface area contributed by atoms with Gasteiger partial charge in [0.15, 0.2) is 4.80 Å². The molecule has 0 radical (unpaired) electrons. The molecule has 4 nitrogen and oxygen atoms in total. The van der Waals surface area contributed by atoms with E-state index in [1.807, 2.05) is 12.3 Å². The van der Waals surface area contributed by atoms with Crippen LogP contribution in [0, 0.1) is 6.92 Å². The molecule has 0 bridgehead atoms. The molecule has 88 valence electrons. The van der Waals surface area contributed by atoms with Gasteiger partial charge in [-0.05, 0) is 19.8 Å². The summed E-state index contributed by atoms with van der Waals surface area (Å²) >= 11 is 1.41. The van der Waals surface area contributed by atoms with Crippen molar-refractivity contribution in [3.8, 4) is 0 Å². The zero-order valence-electron chi connectivity index (χ0n) is 9.35. The number of rotatable bonds is 1. The Labute approximate surface area is 98.3 Å². The van der Waals surface area contributed by atoms with Gasteiger partial charge in [0.2, 0.25) is 0 Å². The molecule has 1 aromatic heterocycles. The van der Waals surface area contributed by atoms with Gasteiger partial charge in [0.05, 0.1) is 0 Å². The largest absolute Gasteiger partial charge is 0.463 e. The molecule has 0 spiro atoms. The van der Waals surface area contributed by atoms with E-state index in [0.717, 1.165) is 18.5 Å². The number of hydrogen-bond donors (Lipinski definition) is 1. The van der Waals surface area contributed by atoms with Crippen LogP contribution in [0.4, 0.5) is 4.79 Å². The quantitative estimate of drug-likeness (QED) is 0.820. The monoisotopic (exact) mass is 240 g/mol. The normalized spacial score (nSPS) is 18.9. The lowest BCUT2D eigenvalue weighted by atomic mass is 9.95. The number of carboxylic acid groups (broad SMARTS) is 1. The zero-order valence-corrected chi connectivity index (χ0v) is 10.2. The van der Waals surface area contributed by atoms with Crippen LogP contribution in [0.2, 0.25) is 0 Å². The fourth-order valence-electron chi connectivity index (χ4n) is 2.35. The van der Waals surface area contributed by atoms with E-state index in [0.29, 0.717) is 10.8 Å². The van der Waals surface area contributed by atoms with Crippen molar-refractivity contribution < 1.29 is 9.90 Å². The topological polar surface area (TPSA) is 54.6 Å². The van der Waals surface area contributed by atoms with Gasteiger partial charge in [-0.15, -0.1) is 16.3 Å². The third-order valence-electron chi connectivity index (χ3n) is 3.05. The fourth-order valence-corrected chi connectivity index (χ4v) is 3.27. The van der Waals surface area contributed by atoms with Gasteiger partial charge in [-0.3, -0.25) is 0 Å². The maximum absolute atomic E-state index is 10.6. The van der Waals surface area contributed by atoms with E-state index in [9.17, 15) is 4.79 Å². The summed E-state index contributed by atoms with van der Waals surface area (Å²) in [6.45, 7) is 2.02. The van der Waals surface area contributed by atoms with Crippen LogP contribution in [0.25, 0.3) is 0 Å². The number of nitrogens with zero attached hydrogens (tertiary/aromatic N) is 2. The second-order valence-corrected chi connectivity index (χ2v) is 5.05. The summed E-state index contributed by atoms with van der Waals surface area (Å²) in [6, 6.07) is 0.443. The van der Waals surface area contributed by atoms with Crippen molar-refractivity contribution >= 4 is 17.4 Å². The maximum atomic E-state index is 10.6. The molecule has 1 heterocycles. The summed E-state index contributed by atoms with van der Waals surface area (Å²) < 4.78 is 2.10. The Morgan fingerprint density at radius 3 is 2.81 bits per heavy atom. The SMILES string of the molecule is Cc1cs/c(=N/C(=O)O)n1C1CCCCC1. The fraction of sp³-hybridized carbons (Fsp3) is 0.636. The van der Waals surface area contributed by atoms with Crippen LogP contribution >= 0.6 is 11.3 Å². The molecule has 1 amide bonds. The minimum atomic E-state index is -1.11. The number of amides is 1. The third-order valence-corrected chi connectivity index (χ3v) is 4.01. The van der Waals surface area contributed by atoms with E-state index in [1.165, 1.54) is 30.6 Å². The van der Waals surface area contributed by atoms with Crippen LogP contribution in [0.3, 0.4) is 0 Å². The first-order valence-electron chi connectivity index (χ1n) is 5.63. The van der Waals surface area contributed by atoms with E-state index in [-0.39, 0.29) is 0 Å². The summed E-state index contributed by atoms with van der Waals surface area (Å²) in [7, 11) is 0. The average Bonchev–Trinajstić information content (AvgIpc) is 2.60. The van der Waals surface area contributed by atoms with E-state index >= 15 is 0 Å². The number of aryl methyl sites for hydroxylation is 1. The first-order chi connectivity index (χ1) is 7.68.